The fourth-order valence-electron chi connectivity index (χ4n) is 1.61. The van der Waals surface area contributed by atoms with Gasteiger partial charge in [-0.2, -0.15) is 0 Å². The Balaban J connectivity index is 2.90. The monoisotopic (exact) mass is 283 g/mol. The summed E-state index contributed by atoms with van der Waals surface area (Å²) in [5.41, 5.74) is 1.82. The van der Waals surface area contributed by atoms with Crippen molar-refractivity contribution < 1.29 is 29.7 Å². The van der Waals surface area contributed by atoms with Gasteiger partial charge >= 0.3 is 0 Å². The van der Waals surface area contributed by atoms with Crippen LogP contribution in [-0.2, 0) is 9.53 Å². The molecule has 0 spiro atoms. The van der Waals surface area contributed by atoms with Crippen LogP contribution in [0, 0.1) is 0 Å². The fourth-order valence-corrected chi connectivity index (χ4v) is 1.61. The van der Waals surface area contributed by atoms with Gasteiger partial charge in [-0.15, -0.1) is 0 Å². The lowest BCUT2D eigenvalue weighted by Gasteiger charge is -2.19. The minimum Gasteiger partial charge on any atom is -0.504 e. The van der Waals surface area contributed by atoms with Crippen molar-refractivity contribution in [2.24, 2.45) is 0 Å². The van der Waals surface area contributed by atoms with Crippen molar-refractivity contribution in [1.82, 2.24) is 5.48 Å². The highest BCUT2D eigenvalue weighted by atomic mass is 16.5. The van der Waals surface area contributed by atoms with Gasteiger partial charge in [0.2, 0.25) is 0 Å². The van der Waals surface area contributed by atoms with Gasteiger partial charge in [-0.3, -0.25) is 10.0 Å². The number of phenols is 1. The molecule has 1 rings (SSSR count). The molecule has 0 heterocycles. The number of carbonyl (C=O) groups is 1. The third-order valence-electron chi connectivity index (χ3n) is 2.68. The molecule has 1 amide bonds. The first-order valence-electron chi connectivity index (χ1n) is 5.73. The Morgan fingerprint density at radius 1 is 1.40 bits per heavy atom. The summed E-state index contributed by atoms with van der Waals surface area (Å²) in [4.78, 5) is 10.9. The summed E-state index contributed by atoms with van der Waals surface area (Å²) < 4.78 is 9.95. The van der Waals surface area contributed by atoms with E-state index in [9.17, 15) is 15.0 Å². The molecule has 7 nitrogen and oxygen atoms in total. The molecule has 110 valence electrons. The molecule has 0 radical (unpaired) electrons. The SMILES string of the molecule is COc1ccc([C@@H](O)[C@@H](/C=C/C(=O)NO)OC)cc1O. The van der Waals surface area contributed by atoms with Crippen LogP contribution in [0.3, 0.4) is 0 Å². The smallest absolute Gasteiger partial charge is 0.267 e. The molecule has 0 aromatic heterocycles. The van der Waals surface area contributed by atoms with E-state index in [1.54, 1.807) is 6.07 Å². The lowest BCUT2D eigenvalue weighted by molar-refractivity contribution is -0.124. The fraction of sp³-hybridized carbons (Fsp3) is 0.308. The predicted octanol–water partition coefficient (Wildman–Crippen LogP) is 0.511. The number of hydroxylamine groups is 1. The van der Waals surface area contributed by atoms with Crippen molar-refractivity contribution in [2.75, 3.05) is 14.2 Å². The van der Waals surface area contributed by atoms with E-state index in [-0.39, 0.29) is 11.5 Å². The normalized spacial score (nSPS) is 14.0. The van der Waals surface area contributed by atoms with Crippen LogP contribution in [0.15, 0.2) is 30.4 Å². The zero-order valence-corrected chi connectivity index (χ0v) is 11.1. The third-order valence-corrected chi connectivity index (χ3v) is 2.68. The molecule has 0 saturated heterocycles. The van der Waals surface area contributed by atoms with Gasteiger partial charge in [0.15, 0.2) is 11.5 Å². The Morgan fingerprint density at radius 2 is 2.10 bits per heavy atom. The van der Waals surface area contributed by atoms with Gasteiger partial charge in [0.05, 0.1) is 7.11 Å². The van der Waals surface area contributed by atoms with Crippen LogP contribution in [0.1, 0.15) is 11.7 Å². The second-order valence-electron chi connectivity index (χ2n) is 3.91. The highest BCUT2D eigenvalue weighted by Crippen LogP contribution is 2.30. The number of nitrogens with one attached hydrogen (secondary N) is 1. The van der Waals surface area contributed by atoms with Crippen molar-refractivity contribution in [3.63, 3.8) is 0 Å². The van der Waals surface area contributed by atoms with E-state index in [1.165, 1.54) is 37.9 Å². The molecule has 0 unspecified atom stereocenters. The molecule has 0 bridgehead atoms. The number of carbonyl (C=O) groups excluding carboxylic acids is 1. The number of hydrogen-bond donors (Lipinski definition) is 4. The molecule has 0 saturated carbocycles. The molecule has 1 aromatic carbocycles. The maximum Gasteiger partial charge on any atom is 0.267 e. The molecule has 1 aromatic rings. The van der Waals surface area contributed by atoms with Gasteiger partial charge in [0.1, 0.15) is 12.2 Å². The maximum absolute atomic E-state index is 10.9. The van der Waals surface area contributed by atoms with Crippen molar-refractivity contribution in [3.8, 4) is 11.5 Å². The van der Waals surface area contributed by atoms with E-state index in [2.05, 4.69) is 0 Å². The molecule has 2 atom stereocenters. The number of aliphatic hydroxyl groups is 1. The molecular formula is C13H17NO6. The van der Waals surface area contributed by atoms with Crippen LogP contribution >= 0.6 is 0 Å². The van der Waals surface area contributed by atoms with Crippen LogP contribution < -0.4 is 10.2 Å². The van der Waals surface area contributed by atoms with Crippen LogP contribution in [0.2, 0.25) is 0 Å². The van der Waals surface area contributed by atoms with Gasteiger partial charge in [-0.25, -0.2) is 5.48 Å². The van der Waals surface area contributed by atoms with E-state index in [0.717, 1.165) is 6.08 Å². The average Bonchev–Trinajstić information content (AvgIpc) is 2.47. The predicted molar refractivity (Wildman–Crippen MR) is 69.5 cm³/mol. The summed E-state index contributed by atoms with van der Waals surface area (Å²) >= 11 is 0. The first kappa shape index (κ1) is 16.0. The van der Waals surface area contributed by atoms with Crippen molar-refractivity contribution in [3.05, 3.63) is 35.9 Å². The first-order valence-corrected chi connectivity index (χ1v) is 5.73. The number of aromatic hydroxyl groups is 1. The average molecular weight is 283 g/mol. The van der Waals surface area contributed by atoms with Gasteiger partial charge < -0.3 is 19.7 Å². The zero-order chi connectivity index (χ0) is 15.1. The van der Waals surface area contributed by atoms with Gasteiger partial charge in [-0.1, -0.05) is 6.07 Å². The number of rotatable bonds is 6. The molecular weight excluding hydrogens is 266 g/mol. The summed E-state index contributed by atoms with van der Waals surface area (Å²) in [6, 6.07) is 4.41. The zero-order valence-electron chi connectivity index (χ0n) is 11.1. The minimum atomic E-state index is -1.10. The molecule has 0 aliphatic carbocycles. The van der Waals surface area contributed by atoms with Crippen molar-refractivity contribution in [1.29, 1.82) is 0 Å². The quantitative estimate of drug-likeness (QED) is 0.344. The Labute approximate surface area is 116 Å². The number of benzene rings is 1. The minimum absolute atomic E-state index is 0.115. The second-order valence-corrected chi connectivity index (χ2v) is 3.91. The van der Waals surface area contributed by atoms with Crippen LogP contribution in [-0.4, -0.2) is 41.7 Å². The molecule has 4 N–H and O–H groups in total. The lowest BCUT2D eigenvalue weighted by atomic mass is 10.0. The Morgan fingerprint density at radius 3 is 2.60 bits per heavy atom. The number of hydrogen-bond acceptors (Lipinski definition) is 6. The Bertz CT molecular complexity index is 488. The van der Waals surface area contributed by atoms with Crippen LogP contribution in [0.25, 0.3) is 0 Å². The molecule has 0 aliphatic heterocycles. The summed E-state index contributed by atoms with van der Waals surface area (Å²) in [7, 11) is 2.78. The van der Waals surface area contributed by atoms with Gasteiger partial charge in [-0.05, 0) is 23.8 Å². The Kier molecular flexibility index (Phi) is 5.98. The first-order chi connectivity index (χ1) is 9.53. The van der Waals surface area contributed by atoms with E-state index >= 15 is 0 Å². The van der Waals surface area contributed by atoms with Crippen LogP contribution in [0.5, 0.6) is 11.5 Å². The van der Waals surface area contributed by atoms with E-state index in [1.807, 2.05) is 0 Å². The van der Waals surface area contributed by atoms with Crippen molar-refractivity contribution in [2.45, 2.75) is 12.2 Å². The van der Waals surface area contributed by atoms with Gasteiger partial charge in [0, 0.05) is 13.2 Å². The van der Waals surface area contributed by atoms with E-state index < -0.39 is 18.1 Å². The van der Waals surface area contributed by atoms with E-state index in [4.69, 9.17) is 14.7 Å². The molecule has 7 heteroatoms. The highest BCUT2D eigenvalue weighted by Gasteiger charge is 2.19. The number of methoxy groups -OCH3 is 2. The van der Waals surface area contributed by atoms with Crippen LogP contribution in [0.4, 0.5) is 0 Å². The molecule has 20 heavy (non-hydrogen) atoms. The summed E-state index contributed by atoms with van der Waals surface area (Å²) in [6.45, 7) is 0. The summed E-state index contributed by atoms with van der Waals surface area (Å²) in [5, 5.41) is 28.2. The summed E-state index contributed by atoms with van der Waals surface area (Å²) in [5.74, 6) is -0.571. The third kappa shape index (κ3) is 3.95. The number of phenolic OH excluding ortho intramolecular Hbond substituents is 1. The lowest BCUT2D eigenvalue weighted by Crippen LogP contribution is -2.21. The molecule has 0 aliphatic rings. The largest absolute Gasteiger partial charge is 0.504 e. The number of ether oxygens (including phenoxy) is 2. The summed E-state index contributed by atoms with van der Waals surface area (Å²) in [6.07, 6.45) is 0.401. The maximum atomic E-state index is 10.9. The number of amides is 1. The Hall–Kier alpha value is -2.09. The van der Waals surface area contributed by atoms with Gasteiger partial charge in [0.25, 0.3) is 5.91 Å². The van der Waals surface area contributed by atoms with Crippen molar-refractivity contribution >= 4 is 5.91 Å². The number of aliphatic hydroxyl groups excluding tert-OH is 1. The standard InChI is InChI=1S/C13H17NO6/c1-19-10-4-3-8(7-9(10)15)13(17)11(20-2)5-6-12(16)14-18/h3-7,11,13,15,17-18H,1-2H3,(H,14,16)/b6-5+/t11-,13-/m1/s1. The van der Waals surface area contributed by atoms with E-state index in [0.29, 0.717) is 5.56 Å². The topological polar surface area (TPSA) is 108 Å². The highest BCUT2D eigenvalue weighted by molar-refractivity contribution is 5.86. The second kappa shape index (κ2) is 7.49. The molecule has 0 fully saturated rings.